The molecule has 3 nitrogen and oxygen atoms in total. The van der Waals surface area contributed by atoms with Gasteiger partial charge in [0.1, 0.15) is 0 Å². The molecule has 0 N–H and O–H groups in total. The lowest BCUT2D eigenvalue weighted by Crippen LogP contribution is -2.18. The van der Waals surface area contributed by atoms with Crippen LogP contribution in [-0.4, -0.2) is 23.5 Å². The first kappa shape index (κ1) is 9.17. The Kier molecular flexibility index (Phi) is 2.47. The molecule has 1 saturated heterocycles. The number of hydrogen-bond donors (Lipinski definition) is 0. The van der Waals surface area contributed by atoms with Crippen LogP contribution in [0.5, 0.6) is 0 Å². The van der Waals surface area contributed by atoms with Crippen LogP contribution in [0.2, 0.25) is 0 Å². The lowest BCUT2D eigenvalue weighted by Gasteiger charge is -2.18. The summed E-state index contributed by atoms with van der Waals surface area (Å²) in [6.07, 6.45) is 4.60. The van der Waals surface area contributed by atoms with Crippen LogP contribution in [0.4, 0.5) is 0 Å². The average Bonchev–Trinajstić information content (AvgIpc) is 2.61. The third kappa shape index (κ3) is 1.61. The summed E-state index contributed by atoms with van der Waals surface area (Å²) in [5, 5.41) is 8.86. The number of nitrogens with zero attached hydrogens (tertiary/aromatic N) is 3. The van der Waals surface area contributed by atoms with Crippen molar-refractivity contribution >= 4 is 0 Å². The zero-order valence-electron chi connectivity index (χ0n) is 8.22. The maximum Gasteiger partial charge on any atom is 0.0670 e. The van der Waals surface area contributed by atoms with Gasteiger partial charge in [-0.25, -0.2) is 0 Å². The van der Waals surface area contributed by atoms with E-state index < -0.39 is 0 Å². The second kappa shape index (κ2) is 3.77. The van der Waals surface area contributed by atoms with Gasteiger partial charge in [0.25, 0.3) is 0 Å². The molecule has 1 unspecified atom stereocenters. The van der Waals surface area contributed by atoms with Gasteiger partial charge in [-0.2, -0.15) is 5.26 Å². The highest BCUT2D eigenvalue weighted by Gasteiger charge is 2.30. The maximum absolute atomic E-state index is 8.86. The predicted octanol–water partition coefficient (Wildman–Crippen LogP) is 1.60. The molecule has 1 aliphatic heterocycles. The molecule has 14 heavy (non-hydrogen) atoms. The summed E-state index contributed by atoms with van der Waals surface area (Å²) < 4.78 is 0. The molecule has 0 spiro atoms. The minimum Gasteiger partial charge on any atom is -0.298 e. The molecule has 3 heteroatoms. The third-order valence-electron chi connectivity index (χ3n) is 2.80. The van der Waals surface area contributed by atoms with Crippen molar-refractivity contribution in [1.82, 2.24) is 9.88 Å². The second-order valence-electron chi connectivity index (χ2n) is 3.80. The summed E-state index contributed by atoms with van der Waals surface area (Å²) in [6.45, 7) is 0.871. The molecular weight excluding hydrogens is 174 g/mol. The van der Waals surface area contributed by atoms with E-state index in [1.165, 1.54) is 5.56 Å². The SMILES string of the molecule is CN1CC(C#N)C[C@H]1c1cccnc1. The Morgan fingerprint density at radius 2 is 2.50 bits per heavy atom. The number of likely N-dealkylation sites (tertiary alicyclic amines) is 1. The molecule has 1 aromatic rings. The van der Waals surface area contributed by atoms with Crippen LogP contribution in [0.25, 0.3) is 0 Å². The topological polar surface area (TPSA) is 39.9 Å². The Labute approximate surface area is 84.0 Å². The summed E-state index contributed by atoms with van der Waals surface area (Å²) in [5.41, 5.74) is 1.22. The molecule has 2 atom stereocenters. The van der Waals surface area contributed by atoms with Crippen molar-refractivity contribution in [2.75, 3.05) is 13.6 Å². The first-order chi connectivity index (χ1) is 6.81. The van der Waals surface area contributed by atoms with Crippen LogP contribution in [-0.2, 0) is 0 Å². The van der Waals surface area contributed by atoms with Crippen LogP contribution < -0.4 is 0 Å². The zero-order chi connectivity index (χ0) is 9.97. The Bertz CT molecular complexity index is 341. The Morgan fingerprint density at radius 3 is 3.07 bits per heavy atom. The maximum atomic E-state index is 8.86. The second-order valence-corrected chi connectivity index (χ2v) is 3.80. The predicted molar refractivity (Wildman–Crippen MR) is 53.3 cm³/mol. The Balaban J connectivity index is 2.18. The number of hydrogen-bond acceptors (Lipinski definition) is 3. The monoisotopic (exact) mass is 187 g/mol. The van der Waals surface area contributed by atoms with Gasteiger partial charge in [-0.3, -0.25) is 9.88 Å². The lowest BCUT2D eigenvalue weighted by molar-refractivity contribution is 0.315. The van der Waals surface area contributed by atoms with Crippen molar-refractivity contribution < 1.29 is 0 Å². The zero-order valence-corrected chi connectivity index (χ0v) is 8.22. The summed E-state index contributed by atoms with van der Waals surface area (Å²) >= 11 is 0. The highest BCUT2D eigenvalue weighted by molar-refractivity contribution is 5.16. The normalized spacial score (nSPS) is 27.4. The fraction of sp³-hybridized carbons (Fsp3) is 0.455. The first-order valence-electron chi connectivity index (χ1n) is 4.81. The van der Waals surface area contributed by atoms with Gasteiger partial charge in [0.05, 0.1) is 12.0 Å². The molecule has 0 aromatic carbocycles. The van der Waals surface area contributed by atoms with E-state index in [4.69, 9.17) is 5.26 Å². The molecule has 0 radical (unpaired) electrons. The van der Waals surface area contributed by atoms with E-state index in [1.807, 2.05) is 12.3 Å². The lowest BCUT2D eigenvalue weighted by atomic mass is 10.0. The summed E-state index contributed by atoms with van der Waals surface area (Å²) in [7, 11) is 2.06. The van der Waals surface area contributed by atoms with Crippen LogP contribution in [0.15, 0.2) is 24.5 Å². The Morgan fingerprint density at radius 1 is 1.64 bits per heavy atom. The molecule has 72 valence electrons. The molecule has 0 saturated carbocycles. The summed E-state index contributed by atoms with van der Waals surface area (Å²) in [5.74, 6) is 0.171. The van der Waals surface area contributed by atoms with E-state index in [2.05, 4.69) is 29.1 Å². The van der Waals surface area contributed by atoms with Crippen molar-refractivity contribution in [2.45, 2.75) is 12.5 Å². The van der Waals surface area contributed by atoms with Gasteiger partial charge in [-0.15, -0.1) is 0 Å². The third-order valence-corrected chi connectivity index (χ3v) is 2.80. The van der Waals surface area contributed by atoms with Gasteiger partial charge in [-0.05, 0) is 25.1 Å². The smallest absolute Gasteiger partial charge is 0.0670 e. The van der Waals surface area contributed by atoms with E-state index >= 15 is 0 Å². The van der Waals surface area contributed by atoms with Crippen molar-refractivity contribution in [3.63, 3.8) is 0 Å². The van der Waals surface area contributed by atoms with Crippen molar-refractivity contribution in [3.8, 4) is 6.07 Å². The summed E-state index contributed by atoms with van der Waals surface area (Å²) in [6, 6.07) is 6.73. The number of rotatable bonds is 1. The fourth-order valence-electron chi connectivity index (χ4n) is 2.06. The number of aromatic nitrogens is 1. The molecule has 1 aliphatic rings. The molecule has 0 amide bonds. The fourth-order valence-corrected chi connectivity index (χ4v) is 2.06. The van der Waals surface area contributed by atoms with Gasteiger partial charge in [0, 0.05) is 25.0 Å². The molecule has 2 heterocycles. The quantitative estimate of drug-likeness (QED) is 0.670. The highest BCUT2D eigenvalue weighted by atomic mass is 15.2. The van der Waals surface area contributed by atoms with Crippen molar-refractivity contribution in [3.05, 3.63) is 30.1 Å². The standard InChI is InChI=1S/C11H13N3/c1-14-8-9(6-12)5-11(14)10-3-2-4-13-7-10/h2-4,7,9,11H,5,8H2,1H3/t9?,11-/m0/s1. The number of pyridine rings is 1. The Hall–Kier alpha value is -1.40. The van der Waals surface area contributed by atoms with E-state index in [9.17, 15) is 0 Å². The van der Waals surface area contributed by atoms with Crippen LogP contribution >= 0.6 is 0 Å². The van der Waals surface area contributed by atoms with E-state index in [1.54, 1.807) is 6.20 Å². The minimum atomic E-state index is 0.171. The molecule has 0 aliphatic carbocycles. The first-order valence-corrected chi connectivity index (χ1v) is 4.81. The van der Waals surface area contributed by atoms with Gasteiger partial charge in [0.15, 0.2) is 0 Å². The van der Waals surface area contributed by atoms with Gasteiger partial charge >= 0.3 is 0 Å². The van der Waals surface area contributed by atoms with Crippen molar-refractivity contribution in [1.29, 1.82) is 5.26 Å². The van der Waals surface area contributed by atoms with Crippen LogP contribution in [0, 0.1) is 17.2 Å². The van der Waals surface area contributed by atoms with Crippen LogP contribution in [0.3, 0.4) is 0 Å². The van der Waals surface area contributed by atoms with Crippen molar-refractivity contribution in [2.24, 2.45) is 5.92 Å². The minimum absolute atomic E-state index is 0.171. The molecular formula is C11H13N3. The van der Waals surface area contributed by atoms with Gasteiger partial charge in [-0.1, -0.05) is 6.07 Å². The summed E-state index contributed by atoms with van der Waals surface area (Å²) in [4.78, 5) is 6.33. The highest BCUT2D eigenvalue weighted by Crippen LogP contribution is 2.32. The van der Waals surface area contributed by atoms with Crippen LogP contribution in [0.1, 0.15) is 18.0 Å². The average molecular weight is 187 g/mol. The largest absolute Gasteiger partial charge is 0.298 e. The van der Waals surface area contributed by atoms with E-state index in [0.29, 0.717) is 6.04 Å². The van der Waals surface area contributed by atoms with Gasteiger partial charge < -0.3 is 0 Å². The van der Waals surface area contributed by atoms with E-state index in [0.717, 1.165) is 13.0 Å². The molecule has 0 bridgehead atoms. The molecule has 2 rings (SSSR count). The van der Waals surface area contributed by atoms with E-state index in [-0.39, 0.29) is 5.92 Å². The number of nitriles is 1. The molecule has 1 fully saturated rings. The molecule has 1 aromatic heterocycles. The van der Waals surface area contributed by atoms with Gasteiger partial charge in [0.2, 0.25) is 0 Å².